The number of rotatable bonds is 3. The Morgan fingerprint density at radius 3 is 2.67 bits per heavy atom. The van der Waals surface area contributed by atoms with Crippen molar-refractivity contribution in [1.82, 2.24) is 0 Å². The Balaban J connectivity index is 2.39. The van der Waals surface area contributed by atoms with E-state index in [9.17, 15) is 9.90 Å². The van der Waals surface area contributed by atoms with Gasteiger partial charge in [-0.15, -0.1) is 0 Å². The molecule has 0 atom stereocenters. The molecule has 0 aliphatic carbocycles. The molecule has 0 unspecified atom stereocenters. The van der Waals surface area contributed by atoms with Crippen LogP contribution in [0, 0.1) is 0 Å². The van der Waals surface area contributed by atoms with Gasteiger partial charge >= 0.3 is 5.97 Å². The van der Waals surface area contributed by atoms with Crippen LogP contribution in [0.15, 0.2) is 23.3 Å². The van der Waals surface area contributed by atoms with Crippen LogP contribution in [-0.2, 0) is 0 Å². The first kappa shape index (κ1) is 12.3. The van der Waals surface area contributed by atoms with Gasteiger partial charge in [0.25, 0.3) is 0 Å². The molecule has 2 rings (SSSR count). The molecule has 94 valence electrons. The lowest BCUT2D eigenvalue weighted by molar-refractivity contribution is 0.0697. The molecule has 18 heavy (non-hydrogen) atoms. The van der Waals surface area contributed by atoms with E-state index in [2.05, 4.69) is 14.9 Å². The molecule has 0 amide bonds. The number of nitrogens with zero attached hydrogens (tertiary/aromatic N) is 4. The largest absolute Gasteiger partial charge is 0.478 e. The number of carbonyl (C=O) groups is 1. The molecule has 6 heteroatoms. The number of carboxylic acid groups (broad SMARTS) is 1. The van der Waals surface area contributed by atoms with Gasteiger partial charge in [-0.25, -0.2) is 4.79 Å². The van der Waals surface area contributed by atoms with Crippen LogP contribution >= 0.6 is 0 Å². The third-order valence-electron chi connectivity index (χ3n) is 3.07. The van der Waals surface area contributed by atoms with Crippen LogP contribution in [-0.4, -0.2) is 24.2 Å². The summed E-state index contributed by atoms with van der Waals surface area (Å²) in [4.78, 5) is 16.0. The average molecular weight is 246 g/mol. The number of anilines is 1. The number of carboxylic acids is 1. The predicted octanol–water partition coefficient (Wildman–Crippen LogP) is 3.32. The molecule has 1 N–H and O–H groups in total. The normalized spacial score (nSPS) is 15.0. The van der Waals surface area contributed by atoms with Gasteiger partial charge in [0.1, 0.15) is 0 Å². The van der Waals surface area contributed by atoms with Crippen LogP contribution in [0.1, 0.15) is 29.6 Å². The van der Waals surface area contributed by atoms with E-state index in [1.165, 1.54) is 12.5 Å². The lowest BCUT2D eigenvalue weighted by Crippen LogP contribution is -2.30. The van der Waals surface area contributed by atoms with E-state index in [4.69, 9.17) is 5.53 Å². The highest BCUT2D eigenvalue weighted by Gasteiger charge is 2.18. The Bertz CT molecular complexity index is 503. The summed E-state index contributed by atoms with van der Waals surface area (Å²) in [5.41, 5.74) is 9.60. The summed E-state index contributed by atoms with van der Waals surface area (Å²) in [7, 11) is 0. The van der Waals surface area contributed by atoms with E-state index in [0.717, 1.165) is 25.9 Å². The van der Waals surface area contributed by atoms with E-state index in [1.54, 1.807) is 12.1 Å². The highest BCUT2D eigenvalue weighted by atomic mass is 16.4. The van der Waals surface area contributed by atoms with Crippen molar-refractivity contribution < 1.29 is 9.90 Å². The van der Waals surface area contributed by atoms with Crippen molar-refractivity contribution in [3.63, 3.8) is 0 Å². The molecule has 1 heterocycles. The van der Waals surface area contributed by atoms with Crippen molar-refractivity contribution >= 4 is 17.3 Å². The monoisotopic (exact) mass is 246 g/mol. The van der Waals surface area contributed by atoms with Gasteiger partial charge in [0.15, 0.2) is 0 Å². The third-order valence-corrected chi connectivity index (χ3v) is 3.07. The SMILES string of the molecule is [N-]=[N+]=Nc1ccc(N2CCCCC2)c(C(=O)O)c1. The zero-order chi connectivity index (χ0) is 13.0. The lowest BCUT2D eigenvalue weighted by Gasteiger charge is -2.30. The van der Waals surface area contributed by atoms with E-state index in [0.29, 0.717) is 11.4 Å². The van der Waals surface area contributed by atoms with Gasteiger partial charge < -0.3 is 10.0 Å². The van der Waals surface area contributed by atoms with Crippen molar-refractivity contribution in [1.29, 1.82) is 0 Å². The summed E-state index contributed by atoms with van der Waals surface area (Å²) >= 11 is 0. The summed E-state index contributed by atoms with van der Waals surface area (Å²) < 4.78 is 0. The molecule has 1 aliphatic rings. The second-order valence-electron chi connectivity index (χ2n) is 4.24. The van der Waals surface area contributed by atoms with Crippen LogP contribution in [0.2, 0.25) is 0 Å². The number of benzene rings is 1. The van der Waals surface area contributed by atoms with Crippen molar-refractivity contribution in [2.45, 2.75) is 19.3 Å². The van der Waals surface area contributed by atoms with Gasteiger partial charge in [-0.3, -0.25) is 0 Å². The molecule has 0 radical (unpaired) electrons. The zero-order valence-electron chi connectivity index (χ0n) is 9.91. The molecular formula is C12H14N4O2. The highest BCUT2D eigenvalue weighted by Crippen LogP contribution is 2.28. The minimum absolute atomic E-state index is 0.196. The average Bonchev–Trinajstić information content (AvgIpc) is 2.40. The van der Waals surface area contributed by atoms with Crippen LogP contribution < -0.4 is 4.90 Å². The topological polar surface area (TPSA) is 89.3 Å². The van der Waals surface area contributed by atoms with Crippen molar-refractivity contribution in [2.24, 2.45) is 5.11 Å². The summed E-state index contributed by atoms with van der Waals surface area (Å²) in [5.74, 6) is -0.995. The van der Waals surface area contributed by atoms with Gasteiger partial charge in [-0.2, -0.15) is 0 Å². The van der Waals surface area contributed by atoms with E-state index < -0.39 is 5.97 Å². The minimum atomic E-state index is -0.995. The lowest BCUT2D eigenvalue weighted by atomic mass is 10.1. The number of hydrogen-bond acceptors (Lipinski definition) is 3. The molecular weight excluding hydrogens is 232 g/mol. The fourth-order valence-corrected chi connectivity index (χ4v) is 2.22. The molecule has 1 aromatic rings. The second-order valence-corrected chi connectivity index (χ2v) is 4.24. The van der Waals surface area contributed by atoms with E-state index >= 15 is 0 Å². The number of hydrogen-bond donors (Lipinski definition) is 1. The Morgan fingerprint density at radius 1 is 1.33 bits per heavy atom. The first-order valence-electron chi connectivity index (χ1n) is 5.90. The van der Waals surface area contributed by atoms with Crippen molar-refractivity contribution in [2.75, 3.05) is 18.0 Å². The fourth-order valence-electron chi connectivity index (χ4n) is 2.22. The fraction of sp³-hybridized carbons (Fsp3) is 0.417. The summed E-state index contributed by atoms with van der Waals surface area (Å²) in [6, 6.07) is 4.79. The van der Waals surface area contributed by atoms with Crippen LogP contribution in [0.4, 0.5) is 11.4 Å². The summed E-state index contributed by atoms with van der Waals surface area (Å²) in [6.07, 6.45) is 3.35. The summed E-state index contributed by atoms with van der Waals surface area (Å²) in [6.45, 7) is 1.75. The van der Waals surface area contributed by atoms with E-state index in [-0.39, 0.29) is 5.56 Å². The minimum Gasteiger partial charge on any atom is -0.478 e. The molecule has 1 aromatic carbocycles. The third kappa shape index (κ3) is 2.55. The highest BCUT2D eigenvalue weighted by molar-refractivity contribution is 5.95. The molecule has 0 aromatic heterocycles. The quantitative estimate of drug-likeness (QED) is 0.504. The smallest absolute Gasteiger partial charge is 0.337 e. The molecule has 0 spiro atoms. The summed E-state index contributed by atoms with van der Waals surface area (Å²) in [5, 5.41) is 12.7. The Morgan fingerprint density at radius 2 is 2.06 bits per heavy atom. The van der Waals surface area contributed by atoms with Gasteiger partial charge in [-0.1, -0.05) is 11.2 Å². The molecule has 1 aliphatic heterocycles. The van der Waals surface area contributed by atoms with Gasteiger partial charge in [0, 0.05) is 23.7 Å². The maximum absolute atomic E-state index is 11.3. The predicted molar refractivity (Wildman–Crippen MR) is 68.3 cm³/mol. The van der Waals surface area contributed by atoms with Crippen molar-refractivity contribution in [3.05, 3.63) is 34.2 Å². The standard InChI is InChI=1S/C12H14N4O2/c13-15-14-9-4-5-11(10(8-9)12(17)18)16-6-2-1-3-7-16/h4-5,8H,1-3,6-7H2,(H,17,18). The van der Waals surface area contributed by atoms with Gasteiger partial charge in [-0.05, 0) is 36.9 Å². The van der Waals surface area contributed by atoms with Crippen molar-refractivity contribution in [3.8, 4) is 0 Å². The molecule has 0 bridgehead atoms. The van der Waals surface area contributed by atoms with Gasteiger partial charge in [0.2, 0.25) is 0 Å². The number of aromatic carboxylic acids is 1. The molecule has 1 saturated heterocycles. The Hall–Kier alpha value is -2.20. The number of piperidine rings is 1. The van der Waals surface area contributed by atoms with Crippen LogP contribution in [0.5, 0.6) is 0 Å². The Kier molecular flexibility index (Phi) is 3.69. The Labute approximate surface area is 104 Å². The molecule has 1 fully saturated rings. The van der Waals surface area contributed by atoms with Gasteiger partial charge in [0.05, 0.1) is 11.3 Å². The molecule has 0 saturated carbocycles. The maximum Gasteiger partial charge on any atom is 0.337 e. The maximum atomic E-state index is 11.3. The second kappa shape index (κ2) is 5.42. The number of azide groups is 1. The first-order chi connectivity index (χ1) is 8.72. The molecule has 6 nitrogen and oxygen atoms in total. The van der Waals surface area contributed by atoms with E-state index in [1.807, 2.05) is 0 Å². The zero-order valence-corrected chi connectivity index (χ0v) is 9.91. The first-order valence-corrected chi connectivity index (χ1v) is 5.90. The van der Waals surface area contributed by atoms with Crippen LogP contribution in [0.25, 0.3) is 10.4 Å². The van der Waals surface area contributed by atoms with Crippen LogP contribution in [0.3, 0.4) is 0 Å².